The lowest BCUT2D eigenvalue weighted by molar-refractivity contribution is 0.381. The highest BCUT2D eigenvalue weighted by atomic mass is 14.5. The molecule has 0 aliphatic heterocycles. The van der Waals surface area contributed by atoms with Crippen molar-refractivity contribution >= 4 is 0 Å². The summed E-state index contributed by atoms with van der Waals surface area (Å²) in [4.78, 5) is 0. The number of benzene rings is 1. The zero-order valence-corrected chi connectivity index (χ0v) is 8.33. The van der Waals surface area contributed by atoms with Gasteiger partial charge in [-0.2, -0.15) is 0 Å². The summed E-state index contributed by atoms with van der Waals surface area (Å²) in [5, 5.41) is 0. The molecule has 0 aromatic heterocycles. The first-order chi connectivity index (χ1) is 6.29. The molecule has 0 saturated heterocycles. The van der Waals surface area contributed by atoms with Crippen molar-refractivity contribution in [1.29, 1.82) is 0 Å². The van der Waals surface area contributed by atoms with Gasteiger partial charge in [-0.05, 0) is 41.2 Å². The molecule has 1 fully saturated rings. The van der Waals surface area contributed by atoms with Crippen molar-refractivity contribution in [2.24, 2.45) is 11.8 Å². The summed E-state index contributed by atoms with van der Waals surface area (Å²) >= 11 is 0. The van der Waals surface area contributed by atoms with E-state index in [2.05, 4.69) is 38.1 Å². The van der Waals surface area contributed by atoms with Gasteiger partial charge >= 0.3 is 0 Å². The zero-order chi connectivity index (χ0) is 9.00. The van der Waals surface area contributed by atoms with E-state index in [9.17, 15) is 0 Å². The molecule has 0 N–H and O–H groups in total. The van der Waals surface area contributed by atoms with Crippen LogP contribution < -0.4 is 0 Å². The van der Waals surface area contributed by atoms with Gasteiger partial charge < -0.3 is 0 Å². The van der Waals surface area contributed by atoms with Gasteiger partial charge in [0.15, 0.2) is 0 Å². The van der Waals surface area contributed by atoms with E-state index in [4.69, 9.17) is 0 Å². The van der Waals surface area contributed by atoms with Crippen molar-refractivity contribution < 1.29 is 0 Å². The molecule has 1 saturated carbocycles. The van der Waals surface area contributed by atoms with Crippen LogP contribution in [0.4, 0.5) is 0 Å². The van der Waals surface area contributed by atoms with E-state index in [0.29, 0.717) is 0 Å². The molecule has 13 heavy (non-hydrogen) atoms. The molecule has 2 aliphatic rings. The second kappa shape index (κ2) is 2.37. The average Bonchev–Trinajstić information content (AvgIpc) is 2.66. The summed E-state index contributed by atoms with van der Waals surface area (Å²) in [7, 11) is 0. The molecule has 0 spiro atoms. The first-order valence-corrected chi connectivity index (χ1v) is 5.38. The predicted molar refractivity (Wildman–Crippen MR) is 54.9 cm³/mol. The summed E-state index contributed by atoms with van der Waals surface area (Å²) in [6.45, 7) is 4.84. The Morgan fingerprint density at radius 2 is 1.38 bits per heavy atom. The predicted octanol–water partition coefficient (Wildman–Crippen LogP) is 3.54. The van der Waals surface area contributed by atoms with Crippen LogP contribution in [-0.4, -0.2) is 0 Å². The average molecular weight is 172 g/mol. The number of hydrogen-bond acceptors (Lipinski definition) is 0. The van der Waals surface area contributed by atoms with E-state index in [1.807, 2.05) is 0 Å². The standard InChI is InChI=1S/C13H16/c1-8-9(2)13-7-12(8)10-5-3-4-6-11(10)13/h3-6,8-9,12-13H,7H2,1-2H3/t8-,9-,12+,13+/m0/s1. The fourth-order valence-electron chi connectivity index (χ4n) is 3.44. The minimum Gasteiger partial charge on any atom is -0.0620 e. The van der Waals surface area contributed by atoms with E-state index in [0.717, 1.165) is 23.7 Å². The van der Waals surface area contributed by atoms with E-state index in [1.54, 1.807) is 11.1 Å². The molecule has 2 bridgehead atoms. The van der Waals surface area contributed by atoms with Crippen molar-refractivity contribution in [2.75, 3.05) is 0 Å². The molecule has 1 aromatic rings. The monoisotopic (exact) mass is 172 g/mol. The molecular formula is C13H16. The van der Waals surface area contributed by atoms with Gasteiger partial charge in [0.25, 0.3) is 0 Å². The first-order valence-electron chi connectivity index (χ1n) is 5.38. The molecule has 0 heterocycles. The summed E-state index contributed by atoms with van der Waals surface area (Å²) in [6, 6.07) is 9.05. The lowest BCUT2D eigenvalue weighted by Crippen LogP contribution is -2.16. The molecule has 0 amide bonds. The molecule has 2 aliphatic carbocycles. The van der Waals surface area contributed by atoms with Crippen LogP contribution in [0.5, 0.6) is 0 Å². The van der Waals surface area contributed by atoms with Crippen molar-refractivity contribution in [3.05, 3.63) is 35.4 Å². The Morgan fingerprint density at radius 3 is 1.85 bits per heavy atom. The lowest BCUT2D eigenvalue weighted by atomic mass is 9.78. The van der Waals surface area contributed by atoms with Gasteiger partial charge in [-0.1, -0.05) is 38.1 Å². The normalized spacial score (nSPS) is 40.8. The lowest BCUT2D eigenvalue weighted by Gasteiger charge is -2.27. The molecule has 3 rings (SSSR count). The Labute approximate surface area is 80.0 Å². The highest BCUT2D eigenvalue weighted by Crippen LogP contribution is 2.58. The zero-order valence-electron chi connectivity index (χ0n) is 8.33. The maximum Gasteiger partial charge on any atom is -0.0125 e. The van der Waals surface area contributed by atoms with Crippen LogP contribution in [0.25, 0.3) is 0 Å². The Bertz CT molecular complexity index is 307. The molecular weight excluding hydrogens is 156 g/mol. The first kappa shape index (κ1) is 7.61. The minimum atomic E-state index is 0.871. The Balaban J connectivity index is 2.16. The van der Waals surface area contributed by atoms with Crippen LogP contribution in [0.3, 0.4) is 0 Å². The summed E-state index contributed by atoms with van der Waals surface area (Å²) in [5.41, 5.74) is 3.30. The highest BCUT2D eigenvalue weighted by molar-refractivity contribution is 5.42. The highest BCUT2D eigenvalue weighted by Gasteiger charge is 2.46. The topological polar surface area (TPSA) is 0 Å². The van der Waals surface area contributed by atoms with E-state index < -0.39 is 0 Å². The number of rotatable bonds is 0. The number of fused-ring (bicyclic) bond motifs is 5. The minimum absolute atomic E-state index is 0.871. The van der Waals surface area contributed by atoms with Crippen molar-refractivity contribution in [1.82, 2.24) is 0 Å². The van der Waals surface area contributed by atoms with Crippen LogP contribution in [0.1, 0.15) is 43.2 Å². The third kappa shape index (κ3) is 0.815. The third-order valence-electron chi connectivity index (χ3n) is 4.40. The molecule has 68 valence electrons. The van der Waals surface area contributed by atoms with Gasteiger partial charge in [0.2, 0.25) is 0 Å². The maximum absolute atomic E-state index is 2.42. The van der Waals surface area contributed by atoms with E-state index in [-0.39, 0.29) is 0 Å². The van der Waals surface area contributed by atoms with Crippen LogP contribution in [-0.2, 0) is 0 Å². The molecule has 0 unspecified atom stereocenters. The van der Waals surface area contributed by atoms with Crippen molar-refractivity contribution in [2.45, 2.75) is 32.1 Å². The summed E-state index contributed by atoms with van der Waals surface area (Å²) < 4.78 is 0. The Morgan fingerprint density at radius 1 is 0.923 bits per heavy atom. The van der Waals surface area contributed by atoms with Gasteiger partial charge in [-0.25, -0.2) is 0 Å². The summed E-state index contributed by atoms with van der Waals surface area (Å²) in [6.07, 6.45) is 1.42. The maximum atomic E-state index is 2.42. The molecule has 0 nitrogen and oxygen atoms in total. The fourth-order valence-corrected chi connectivity index (χ4v) is 3.44. The quantitative estimate of drug-likeness (QED) is 0.561. The van der Waals surface area contributed by atoms with Gasteiger partial charge in [0.05, 0.1) is 0 Å². The molecule has 1 aromatic carbocycles. The molecule has 0 heteroatoms. The second-order valence-corrected chi connectivity index (χ2v) is 4.80. The van der Waals surface area contributed by atoms with Gasteiger partial charge in [-0.3, -0.25) is 0 Å². The smallest absolute Gasteiger partial charge is 0.0125 e. The third-order valence-corrected chi connectivity index (χ3v) is 4.40. The van der Waals surface area contributed by atoms with Crippen LogP contribution in [0.15, 0.2) is 24.3 Å². The SMILES string of the molecule is C[C@H]1[C@H](C)[C@H]2C[C@H]1c1ccccc12. The summed E-state index contributed by atoms with van der Waals surface area (Å²) in [5.74, 6) is 3.55. The van der Waals surface area contributed by atoms with Gasteiger partial charge in [0, 0.05) is 0 Å². The number of hydrogen-bond donors (Lipinski definition) is 0. The van der Waals surface area contributed by atoms with Crippen LogP contribution in [0, 0.1) is 11.8 Å². The molecule has 4 atom stereocenters. The van der Waals surface area contributed by atoms with E-state index >= 15 is 0 Å². The largest absolute Gasteiger partial charge is 0.0620 e. The van der Waals surface area contributed by atoms with Crippen LogP contribution in [0.2, 0.25) is 0 Å². The fraction of sp³-hybridized carbons (Fsp3) is 0.538. The Hall–Kier alpha value is -0.780. The van der Waals surface area contributed by atoms with Crippen molar-refractivity contribution in [3.63, 3.8) is 0 Å². The Kier molecular flexibility index (Phi) is 1.39. The molecule has 0 radical (unpaired) electrons. The second-order valence-electron chi connectivity index (χ2n) is 4.80. The van der Waals surface area contributed by atoms with Gasteiger partial charge in [-0.15, -0.1) is 0 Å². The van der Waals surface area contributed by atoms with E-state index in [1.165, 1.54) is 6.42 Å². The van der Waals surface area contributed by atoms with Gasteiger partial charge in [0.1, 0.15) is 0 Å². The van der Waals surface area contributed by atoms with Crippen molar-refractivity contribution in [3.8, 4) is 0 Å². The van der Waals surface area contributed by atoms with Crippen LogP contribution >= 0.6 is 0 Å².